The highest BCUT2D eigenvalue weighted by Gasteiger charge is 2.18. The molecule has 0 fully saturated rings. The molecule has 1 unspecified atom stereocenters. The van der Waals surface area contributed by atoms with Crippen molar-refractivity contribution in [3.8, 4) is 0 Å². The van der Waals surface area contributed by atoms with E-state index < -0.39 is 0 Å². The summed E-state index contributed by atoms with van der Waals surface area (Å²) in [6.07, 6.45) is 1.99. The van der Waals surface area contributed by atoms with Gasteiger partial charge in [0.05, 0.1) is 10.9 Å². The molecule has 4 heteroatoms. The largest absolute Gasteiger partial charge is 0.324 e. The van der Waals surface area contributed by atoms with Crippen molar-refractivity contribution in [1.29, 1.82) is 0 Å². The van der Waals surface area contributed by atoms with Gasteiger partial charge in [-0.25, -0.2) is 0 Å². The molecule has 1 amide bonds. The van der Waals surface area contributed by atoms with E-state index in [9.17, 15) is 4.79 Å². The van der Waals surface area contributed by atoms with Gasteiger partial charge in [0.1, 0.15) is 0 Å². The first-order valence-corrected chi connectivity index (χ1v) is 6.92. The Labute approximate surface area is 107 Å². The van der Waals surface area contributed by atoms with Crippen LogP contribution in [-0.2, 0) is 4.79 Å². The molecule has 0 heterocycles. The first-order chi connectivity index (χ1) is 7.56. The minimum Gasteiger partial charge on any atom is -0.324 e. The second-order valence-corrected chi connectivity index (χ2v) is 5.28. The van der Waals surface area contributed by atoms with Crippen molar-refractivity contribution in [3.63, 3.8) is 0 Å². The molecule has 0 aliphatic heterocycles. The van der Waals surface area contributed by atoms with Gasteiger partial charge in [0.2, 0.25) is 5.91 Å². The van der Waals surface area contributed by atoms with Gasteiger partial charge in [0, 0.05) is 4.90 Å². The molecule has 1 rings (SSSR count). The van der Waals surface area contributed by atoms with E-state index in [4.69, 9.17) is 0 Å². The normalized spacial score (nSPS) is 12.6. The van der Waals surface area contributed by atoms with E-state index in [1.807, 2.05) is 44.4 Å². The summed E-state index contributed by atoms with van der Waals surface area (Å²) in [7, 11) is 0. The Balaban J connectivity index is 2.76. The van der Waals surface area contributed by atoms with Crippen LogP contribution in [-0.4, -0.2) is 17.4 Å². The first-order valence-electron chi connectivity index (χ1n) is 5.18. The van der Waals surface area contributed by atoms with Crippen LogP contribution in [0.4, 0.5) is 5.69 Å². The van der Waals surface area contributed by atoms with Crippen molar-refractivity contribution in [3.05, 3.63) is 24.3 Å². The third kappa shape index (κ3) is 3.46. The molecule has 0 bridgehead atoms. The van der Waals surface area contributed by atoms with Crippen LogP contribution < -0.4 is 5.32 Å². The number of hydrogen-bond donors (Lipinski definition) is 2. The van der Waals surface area contributed by atoms with Gasteiger partial charge in [-0.3, -0.25) is 4.79 Å². The number of amides is 1. The summed E-state index contributed by atoms with van der Waals surface area (Å²) < 4.78 is 0. The molecule has 0 radical (unpaired) electrons. The highest BCUT2D eigenvalue weighted by molar-refractivity contribution is 7.98. The zero-order chi connectivity index (χ0) is 12.1. The maximum Gasteiger partial charge on any atom is 0.237 e. The Hall–Kier alpha value is -0.610. The van der Waals surface area contributed by atoms with Gasteiger partial charge in [-0.1, -0.05) is 26.0 Å². The Bertz CT molecular complexity index is 366. The van der Waals surface area contributed by atoms with E-state index in [1.165, 1.54) is 0 Å². The molecule has 0 aliphatic carbocycles. The van der Waals surface area contributed by atoms with Crippen LogP contribution in [0.5, 0.6) is 0 Å². The van der Waals surface area contributed by atoms with Crippen molar-refractivity contribution in [2.75, 3.05) is 11.6 Å². The summed E-state index contributed by atoms with van der Waals surface area (Å²) in [6.45, 7) is 3.97. The number of anilines is 1. The smallest absolute Gasteiger partial charge is 0.237 e. The fraction of sp³-hybridized carbons (Fsp3) is 0.417. The van der Waals surface area contributed by atoms with Gasteiger partial charge in [-0.05, 0) is 24.3 Å². The van der Waals surface area contributed by atoms with Crippen molar-refractivity contribution >= 4 is 36.0 Å². The van der Waals surface area contributed by atoms with E-state index in [0.29, 0.717) is 0 Å². The van der Waals surface area contributed by atoms with Crippen LogP contribution in [0.1, 0.15) is 13.8 Å². The van der Waals surface area contributed by atoms with Gasteiger partial charge in [-0.2, -0.15) is 12.6 Å². The molecule has 1 aromatic carbocycles. The third-order valence-corrected chi connectivity index (χ3v) is 3.89. The Morgan fingerprint density at radius 3 is 2.56 bits per heavy atom. The molecule has 0 spiro atoms. The summed E-state index contributed by atoms with van der Waals surface area (Å²) >= 11 is 5.91. The summed E-state index contributed by atoms with van der Waals surface area (Å²) in [5.74, 6) is 0.185. The molecule has 0 aliphatic rings. The monoisotopic (exact) mass is 255 g/mol. The number of para-hydroxylation sites is 1. The standard InChI is InChI=1S/C12H17NOS2/c1-8(2)11(15)12(14)13-9-6-4-5-7-10(9)16-3/h4-8,11,15H,1-3H3,(H,13,14). The number of carbonyl (C=O) groups is 1. The second-order valence-electron chi connectivity index (χ2n) is 3.88. The minimum atomic E-state index is -0.269. The molecule has 0 aromatic heterocycles. The number of hydrogen-bond acceptors (Lipinski definition) is 3. The molecule has 1 atom stereocenters. The minimum absolute atomic E-state index is 0.0418. The third-order valence-electron chi connectivity index (χ3n) is 2.26. The topological polar surface area (TPSA) is 29.1 Å². The molecule has 16 heavy (non-hydrogen) atoms. The fourth-order valence-electron chi connectivity index (χ4n) is 1.26. The predicted octanol–water partition coefficient (Wildman–Crippen LogP) is 3.30. The fourth-order valence-corrected chi connectivity index (χ4v) is 1.88. The van der Waals surface area contributed by atoms with Crippen LogP contribution in [0.15, 0.2) is 29.2 Å². The van der Waals surface area contributed by atoms with E-state index in [1.54, 1.807) is 11.8 Å². The number of rotatable bonds is 4. The van der Waals surface area contributed by atoms with Crippen LogP contribution in [0, 0.1) is 5.92 Å². The zero-order valence-corrected chi connectivity index (χ0v) is 11.4. The van der Waals surface area contributed by atoms with E-state index in [-0.39, 0.29) is 17.1 Å². The molecule has 88 valence electrons. The first kappa shape index (κ1) is 13.5. The number of thioether (sulfide) groups is 1. The maximum atomic E-state index is 11.8. The quantitative estimate of drug-likeness (QED) is 0.638. The van der Waals surface area contributed by atoms with Gasteiger partial charge in [-0.15, -0.1) is 11.8 Å². The predicted molar refractivity (Wildman–Crippen MR) is 74.5 cm³/mol. The van der Waals surface area contributed by atoms with Crippen molar-refractivity contribution < 1.29 is 4.79 Å². The Kier molecular flexibility index (Phi) is 5.22. The molecular formula is C12H17NOS2. The molecule has 2 nitrogen and oxygen atoms in total. The van der Waals surface area contributed by atoms with E-state index in [2.05, 4.69) is 17.9 Å². The molecule has 1 N–H and O–H groups in total. The summed E-state index contributed by atoms with van der Waals surface area (Å²) in [4.78, 5) is 12.9. The Morgan fingerprint density at radius 2 is 2.00 bits per heavy atom. The second kappa shape index (κ2) is 6.21. The van der Waals surface area contributed by atoms with Gasteiger partial charge >= 0.3 is 0 Å². The highest BCUT2D eigenvalue weighted by atomic mass is 32.2. The Morgan fingerprint density at radius 1 is 1.38 bits per heavy atom. The molecule has 0 saturated heterocycles. The van der Waals surface area contributed by atoms with Crippen LogP contribution in [0.2, 0.25) is 0 Å². The van der Waals surface area contributed by atoms with Crippen LogP contribution in [0.3, 0.4) is 0 Å². The lowest BCUT2D eigenvalue weighted by molar-refractivity contribution is -0.116. The van der Waals surface area contributed by atoms with Crippen molar-refractivity contribution in [2.45, 2.75) is 24.0 Å². The zero-order valence-electron chi connectivity index (χ0n) is 9.73. The molecular weight excluding hydrogens is 238 g/mol. The van der Waals surface area contributed by atoms with Gasteiger partial charge < -0.3 is 5.32 Å². The van der Waals surface area contributed by atoms with Crippen LogP contribution in [0.25, 0.3) is 0 Å². The number of benzene rings is 1. The highest BCUT2D eigenvalue weighted by Crippen LogP contribution is 2.25. The SMILES string of the molecule is CSc1ccccc1NC(=O)C(S)C(C)C. The average molecular weight is 255 g/mol. The van der Waals surface area contributed by atoms with E-state index in [0.717, 1.165) is 10.6 Å². The number of carbonyl (C=O) groups excluding carboxylic acids is 1. The lowest BCUT2D eigenvalue weighted by atomic mass is 10.1. The summed E-state index contributed by atoms with van der Waals surface area (Å²) in [5, 5.41) is 2.64. The lowest BCUT2D eigenvalue weighted by Crippen LogP contribution is -2.27. The molecule has 1 aromatic rings. The van der Waals surface area contributed by atoms with E-state index >= 15 is 0 Å². The summed E-state index contributed by atoms with van der Waals surface area (Å²) in [6, 6.07) is 7.77. The number of nitrogens with one attached hydrogen (secondary N) is 1. The average Bonchev–Trinajstić information content (AvgIpc) is 2.28. The molecule has 0 saturated carbocycles. The lowest BCUT2D eigenvalue weighted by Gasteiger charge is -2.15. The number of thiol groups is 1. The maximum absolute atomic E-state index is 11.8. The van der Waals surface area contributed by atoms with Gasteiger partial charge in [0.25, 0.3) is 0 Å². The van der Waals surface area contributed by atoms with Gasteiger partial charge in [0.15, 0.2) is 0 Å². The van der Waals surface area contributed by atoms with Crippen LogP contribution >= 0.6 is 24.4 Å². The van der Waals surface area contributed by atoms with Crippen molar-refractivity contribution in [2.24, 2.45) is 5.92 Å². The summed E-state index contributed by atoms with van der Waals surface area (Å²) in [5.41, 5.74) is 0.861. The van der Waals surface area contributed by atoms with Crippen molar-refractivity contribution in [1.82, 2.24) is 0 Å².